The van der Waals surface area contributed by atoms with Crippen molar-refractivity contribution in [2.45, 2.75) is 45.1 Å². The molecule has 0 aliphatic heterocycles. The third-order valence-corrected chi connectivity index (χ3v) is 2.29. The predicted molar refractivity (Wildman–Crippen MR) is 52.4 cm³/mol. The van der Waals surface area contributed by atoms with Gasteiger partial charge in [0.2, 0.25) is 5.91 Å². The first-order valence-corrected chi connectivity index (χ1v) is 5.01. The van der Waals surface area contributed by atoms with E-state index >= 15 is 0 Å². The van der Waals surface area contributed by atoms with E-state index in [1.54, 1.807) is 0 Å². The van der Waals surface area contributed by atoms with Crippen LogP contribution >= 0.6 is 0 Å². The van der Waals surface area contributed by atoms with Gasteiger partial charge in [-0.15, -0.1) is 0 Å². The fraction of sp³-hybridized carbons (Fsp3) is 0.778. The first-order valence-electron chi connectivity index (χ1n) is 5.01. The van der Waals surface area contributed by atoms with Crippen molar-refractivity contribution < 1.29 is 9.59 Å². The Morgan fingerprint density at radius 2 is 1.71 bits per heavy atom. The lowest BCUT2D eigenvalue weighted by Crippen LogP contribution is -2.49. The minimum Gasteiger partial charge on any atom is -0.334 e. The summed E-state index contributed by atoms with van der Waals surface area (Å²) in [6, 6.07) is -0.0652. The molecule has 5 heteroatoms. The van der Waals surface area contributed by atoms with Gasteiger partial charge < -0.3 is 5.32 Å². The molecule has 0 aromatic carbocycles. The van der Waals surface area contributed by atoms with Gasteiger partial charge in [0.25, 0.3) is 0 Å². The summed E-state index contributed by atoms with van der Waals surface area (Å²) in [7, 11) is 0. The molecule has 14 heavy (non-hydrogen) atoms. The molecule has 3 N–H and O–H groups in total. The molecule has 0 saturated heterocycles. The van der Waals surface area contributed by atoms with Crippen molar-refractivity contribution in [2.75, 3.05) is 0 Å². The van der Waals surface area contributed by atoms with Crippen molar-refractivity contribution in [3.8, 4) is 0 Å². The maximum absolute atomic E-state index is 11.2. The van der Waals surface area contributed by atoms with Crippen LogP contribution in [0.4, 0.5) is 4.79 Å². The predicted octanol–water partition coefficient (Wildman–Crippen LogP) is 0.669. The average molecular weight is 199 g/mol. The second kappa shape index (κ2) is 5.47. The second-order valence-corrected chi connectivity index (χ2v) is 3.61. The Morgan fingerprint density at radius 3 is 2.29 bits per heavy atom. The lowest BCUT2D eigenvalue weighted by molar-refractivity contribution is -0.119. The summed E-state index contributed by atoms with van der Waals surface area (Å²) in [6.07, 6.45) is 5.67. The monoisotopic (exact) mass is 199 g/mol. The molecule has 0 heterocycles. The molecule has 1 aliphatic rings. The number of amides is 3. The number of rotatable bonds is 1. The quantitative estimate of drug-likeness (QED) is 0.543. The van der Waals surface area contributed by atoms with Crippen molar-refractivity contribution in [3.63, 3.8) is 0 Å². The van der Waals surface area contributed by atoms with Gasteiger partial charge in [0.1, 0.15) is 0 Å². The average Bonchev–Trinajstić information content (AvgIpc) is 2.16. The summed E-state index contributed by atoms with van der Waals surface area (Å²) in [5.41, 5.74) is 4.51. The van der Waals surface area contributed by atoms with E-state index < -0.39 is 0 Å². The van der Waals surface area contributed by atoms with Gasteiger partial charge in [-0.05, 0) is 12.8 Å². The van der Waals surface area contributed by atoms with Crippen LogP contribution in [0.2, 0.25) is 0 Å². The molecule has 0 aromatic heterocycles. The van der Waals surface area contributed by atoms with E-state index in [9.17, 15) is 9.59 Å². The Kier molecular flexibility index (Phi) is 4.22. The van der Waals surface area contributed by atoms with Gasteiger partial charge in [-0.1, -0.05) is 19.3 Å². The highest BCUT2D eigenvalue weighted by molar-refractivity contribution is 5.79. The molecule has 5 nitrogen and oxygen atoms in total. The van der Waals surface area contributed by atoms with Crippen molar-refractivity contribution in [3.05, 3.63) is 0 Å². The molecule has 3 amide bonds. The maximum Gasteiger partial charge on any atom is 0.333 e. The Labute approximate surface area is 83.6 Å². The topological polar surface area (TPSA) is 70.2 Å². The number of urea groups is 1. The summed E-state index contributed by atoms with van der Waals surface area (Å²) < 4.78 is 0. The van der Waals surface area contributed by atoms with Gasteiger partial charge in [0.05, 0.1) is 0 Å². The van der Waals surface area contributed by atoms with Crippen molar-refractivity contribution in [2.24, 2.45) is 0 Å². The third-order valence-electron chi connectivity index (χ3n) is 2.29. The zero-order valence-electron chi connectivity index (χ0n) is 8.43. The standard InChI is InChI=1S/C9H17N3O2/c1-7(13)11-12-9(14)10-8-5-3-2-4-6-8/h8H,2-6H2,1H3,(H,11,13)(H2,10,12,14). The fourth-order valence-corrected chi connectivity index (χ4v) is 1.61. The molecule has 0 aromatic rings. The number of hydrogen-bond donors (Lipinski definition) is 3. The van der Waals surface area contributed by atoms with Crippen LogP contribution in [0.1, 0.15) is 39.0 Å². The molecular weight excluding hydrogens is 182 g/mol. The molecule has 1 saturated carbocycles. The molecule has 1 fully saturated rings. The zero-order valence-corrected chi connectivity index (χ0v) is 8.43. The number of carbonyl (C=O) groups is 2. The molecule has 0 atom stereocenters. The Hall–Kier alpha value is -1.26. The summed E-state index contributed by atoms with van der Waals surface area (Å²) >= 11 is 0. The fourth-order valence-electron chi connectivity index (χ4n) is 1.61. The van der Waals surface area contributed by atoms with Crippen LogP contribution in [0.3, 0.4) is 0 Å². The van der Waals surface area contributed by atoms with Crippen molar-refractivity contribution in [1.82, 2.24) is 16.2 Å². The van der Waals surface area contributed by atoms with E-state index in [2.05, 4.69) is 16.2 Å². The van der Waals surface area contributed by atoms with E-state index in [1.165, 1.54) is 26.2 Å². The zero-order chi connectivity index (χ0) is 10.4. The summed E-state index contributed by atoms with van der Waals surface area (Å²) in [5.74, 6) is -0.274. The minimum atomic E-state index is -0.327. The molecule has 1 aliphatic carbocycles. The maximum atomic E-state index is 11.2. The van der Waals surface area contributed by atoms with E-state index in [0.29, 0.717) is 0 Å². The SMILES string of the molecule is CC(=O)NNC(=O)NC1CCCCC1. The van der Waals surface area contributed by atoms with Crippen molar-refractivity contribution in [1.29, 1.82) is 0 Å². The van der Waals surface area contributed by atoms with Crippen LogP contribution in [0.5, 0.6) is 0 Å². The highest BCUT2D eigenvalue weighted by atomic mass is 16.2. The molecule has 80 valence electrons. The lowest BCUT2D eigenvalue weighted by Gasteiger charge is -2.22. The minimum absolute atomic E-state index is 0.262. The Balaban J connectivity index is 2.15. The van der Waals surface area contributed by atoms with Gasteiger partial charge in [0.15, 0.2) is 0 Å². The van der Waals surface area contributed by atoms with Gasteiger partial charge in [0, 0.05) is 13.0 Å². The summed E-state index contributed by atoms with van der Waals surface area (Å²) in [4.78, 5) is 21.7. The number of hydrogen-bond acceptors (Lipinski definition) is 2. The van der Waals surface area contributed by atoms with Gasteiger partial charge in [-0.25, -0.2) is 10.2 Å². The van der Waals surface area contributed by atoms with E-state index in [0.717, 1.165) is 12.8 Å². The first kappa shape index (κ1) is 10.8. The Bertz CT molecular complexity index is 212. The van der Waals surface area contributed by atoms with Crippen LogP contribution in [0, 0.1) is 0 Å². The van der Waals surface area contributed by atoms with Crippen LogP contribution in [-0.2, 0) is 4.79 Å². The number of hydrazine groups is 1. The largest absolute Gasteiger partial charge is 0.334 e. The van der Waals surface area contributed by atoms with Crippen LogP contribution < -0.4 is 16.2 Å². The van der Waals surface area contributed by atoms with Gasteiger partial charge >= 0.3 is 6.03 Å². The highest BCUT2D eigenvalue weighted by Crippen LogP contribution is 2.16. The summed E-state index contributed by atoms with van der Waals surface area (Å²) in [5, 5.41) is 2.81. The van der Waals surface area contributed by atoms with Crippen LogP contribution in [-0.4, -0.2) is 18.0 Å². The van der Waals surface area contributed by atoms with E-state index in [-0.39, 0.29) is 18.0 Å². The molecule has 0 spiro atoms. The smallest absolute Gasteiger partial charge is 0.333 e. The molecule has 1 rings (SSSR count). The number of carbonyl (C=O) groups excluding carboxylic acids is 2. The van der Waals surface area contributed by atoms with E-state index in [4.69, 9.17) is 0 Å². The third kappa shape index (κ3) is 4.11. The number of nitrogens with one attached hydrogen (secondary N) is 3. The summed E-state index contributed by atoms with van der Waals surface area (Å²) in [6.45, 7) is 1.35. The Morgan fingerprint density at radius 1 is 1.07 bits per heavy atom. The highest BCUT2D eigenvalue weighted by Gasteiger charge is 2.15. The molecule has 0 bridgehead atoms. The van der Waals surface area contributed by atoms with Crippen LogP contribution in [0.25, 0.3) is 0 Å². The van der Waals surface area contributed by atoms with Crippen molar-refractivity contribution >= 4 is 11.9 Å². The molecular formula is C9H17N3O2. The first-order chi connectivity index (χ1) is 6.68. The molecule has 0 radical (unpaired) electrons. The van der Waals surface area contributed by atoms with Crippen LogP contribution in [0.15, 0.2) is 0 Å². The van der Waals surface area contributed by atoms with Gasteiger partial charge in [-0.2, -0.15) is 0 Å². The van der Waals surface area contributed by atoms with E-state index in [1.807, 2.05) is 0 Å². The second-order valence-electron chi connectivity index (χ2n) is 3.61. The van der Waals surface area contributed by atoms with Gasteiger partial charge in [-0.3, -0.25) is 10.2 Å². The normalized spacial score (nSPS) is 17.2. The molecule has 0 unspecified atom stereocenters. The lowest BCUT2D eigenvalue weighted by atomic mass is 9.96.